The van der Waals surface area contributed by atoms with Gasteiger partial charge >= 0.3 is 0 Å². The van der Waals surface area contributed by atoms with Gasteiger partial charge in [-0.15, -0.1) is 0 Å². The van der Waals surface area contributed by atoms with Crippen LogP contribution in [-0.4, -0.2) is 15.5 Å². The molecule has 0 unspecified atom stereocenters. The van der Waals surface area contributed by atoms with Crippen LogP contribution in [0.15, 0.2) is 48.8 Å². The molecule has 0 aliphatic carbocycles. The van der Waals surface area contributed by atoms with Gasteiger partial charge in [-0.3, -0.25) is 4.79 Å². The van der Waals surface area contributed by atoms with Crippen LogP contribution in [0.25, 0.3) is 5.52 Å². The van der Waals surface area contributed by atoms with Gasteiger partial charge in [0.1, 0.15) is 0 Å². The number of benzene rings is 1. The normalized spacial score (nSPS) is 10.7. The van der Waals surface area contributed by atoms with E-state index in [9.17, 15) is 4.79 Å². The lowest BCUT2D eigenvalue weighted by Crippen LogP contribution is -2.14. The first-order valence-corrected chi connectivity index (χ1v) is 6.25. The summed E-state index contributed by atoms with van der Waals surface area (Å²) >= 11 is 0. The molecule has 0 saturated heterocycles. The highest BCUT2D eigenvalue weighted by Crippen LogP contribution is 2.23. The minimum absolute atomic E-state index is 0.216. The lowest BCUT2D eigenvalue weighted by Gasteiger charge is -2.10. The van der Waals surface area contributed by atoms with Crippen LogP contribution in [0.5, 0.6) is 0 Å². The molecule has 2 heterocycles. The highest BCUT2D eigenvalue weighted by Gasteiger charge is 2.14. The van der Waals surface area contributed by atoms with Crippen LogP contribution in [0.1, 0.15) is 15.9 Å². The van der Waals surface area contributed by atoms with Gasteiger partial charge in [0.15, 0.2) is 0 Å². The predicted molar refractivity (Wildman–Crippen MR) is 78.7 cm³/mol. The number of carbonyl (C=O) groups is 1. The molecule has 0 aliphatic heterocycles. The number of nitrogens with zero attached hydrogens (tertiary/aromatic N) is 2. The van der Waals surface area contributed by atoms with Crippen molar-refractivity contribution in [1.29, 1.82) is 0 Å². The summed E-state index contributed by atoms with van der Waals surface area (Å²) < 4.78 is 1.66. The van der Waals surface area contributed by atoms with Crippen LogP contribution < -0.4 is 11.1 Å². The molecule has 0 fully saturated rings. The smallest absolute Gasteiger partial charge is 0.259 e. The summed E-state index contributed by atoms with van der Waals surface area (Å²) in [6.07, 6.45) is 3.35. The van der Waals surface area contributed by atoms with Crippen molar-refractivity contribution in [2.75, 3.05) is 11.1 Å². The molecule has 0 bridgehead atoms. The summed E-state index contributed by atoms with van der Waals surface area (Å²) in [7, 11) is 0. The molecule has 3 N–H and O–H groups in total. The van der Waals surface area contributed by atoms with Crippen LogP contribution >= 0.6 is 0 Å². The third-order valence-corrected chi connectivity index (χ3v) is 3.21. The summed E-state index contributed by atoms with van der Waals surface area (Å²) in [4.78, 5) is 12.4. The minimum atomic E-state index is -0.216. The molecule has 5 heteroatoms. The first-order valence-electron chi connectivity index (χ1n) is 6.25. The van der Waals surface area contributed by atoms with E-state index in [0.717, 1.165) is 11.1 Å². The number of fused-ring (bicyclic) bond motifs is 1. The van der Waals surface area contributed by atoms with Gasteiger partial charge in [0.05, 0.1) is 28.7 Å². The van der Waals surface area contributed by atoms with Crippen molar-refractivity contribution in [3.8, 4) is 0 Å². The highest BCUT2D eigenvalue weighted by molar-refractivity contribution is 6.10. The second-order valence-corrected chi connectivity index (χ2v) is 4.58. The molecule has 1 aromatic carbocycles. The van der Waals surface area contributed by atoms with Crippen LogP contribution in [0.2, 0.25) is 0 Å². The van der Waals surface area contributed by atoms with E-state index in [1.54, 1.807) is 23.0 Å². The molecule has 100 valence electrons. The number of hydrogen-bond donors (Lipinski definition) is 2. The lowest BCUT2D eigenvalue weighted by atomic mass is 10.1. The van der Waals surface area contributed by atoms with Crippen molar-refractivity contribution in [2.45, 2.75) is 6.92 Å². The van der Waals surface area contributed by atoms with Gasteiger partial charge in [0.2, 0.25) is 0 Å². The maximum absolute atomic E-state index is 12.4. The van der Waals surface area contributed by atoms with E-state index in [2.05, 4.69) is 10.4 Å². The summed E-state index contributed by atoms with van der Waals surface area (Å²) in [6, 6.07) is 11.1. The summed E-state index contributed by atoms with van der Waals surface area (Å²) in [5.41, 5.74) is 9.31. The SMILES string of the molecule is Cc1cccc(N)c1NC(=O)c1cnn2ccccc12. The quantitative estimate of drug-likeness (QED) is 0.700. The predicted octanol–water partition coefficient (Wildman–Crippen LogP) is 2.48. The van der Waals surface area contributed by atoms with Crippen LogP contribution in [-0.2, 0) is 0 Å². The molecular formula is C15H14N4O. The van der Waals surface area contributed by atoms with E-state index >= 15 is 0 Å². The fraction of sp³-hybridized carbons (Fsp3) is 0.0667. The first-order chi connectivity index (χ1) is 9.66. The zero-order valence-corrected chi connectivity index (χ0v) is 11.0. The third kappa shape index (κ3) is 1.99. The molecule has 0 spiro atoms. The van der Waals surface area contributed by atoms with Gasteiger partial charge in [0, 0.05) is 6.20 Å². The Kier molecular flexibility index (Phi) is 2.87. The zero-order valence-electron chi connectivity index (χ0n) is 11.0. The minimum Gasteiger partial charge on any atom is -0.397 e. The average molecular weight is 266 g/mol. The van der Waals surface area contributed by atoms with E-state index in [1.165, 1.54) is 0 Å². The Morgan fingerprint density at radius 3 is 2.90 bits per heavy atom. The third-order valence-electron chi connectivity index (χ3n) is 3.21. The molecule has 2 aromatic heterocycles. The van der Waals surface area contributed by atoms with Gasteiger partial charge in [-0.1, -0.05) is 18.2 Å². The fourth-order valence-electron chi connectivity index (χ4n) is 2.15. The molecular weight excluding hydrogens is 252 g/mol. The second-order valence-electron chi connectivity index (χ2n) is 4.58. The molecule has 0 aliphatic rings. The average Bonchev–Trinajstić information content (AvgIpc) is 2.87. The standard InChI is InChI=1S/C15H14N4O/c1-10-5-4-6-12(16)14(10)18-15(20)11-9-17-19-8-3-2-7-13(11)19/h2-9H,16H2,1H3,(H,18,20). The van der Waals surface area contributed by atoms with Gasteiger partial charge in [0.25, 0.3) is 5.91 Å². The van der Waals surface area contributed by atoms with E-state index < -0.39 is 0 Å². The Morgan fingerprint density at radius 2 is 2.10 bits per heavy atom. The van der Waals surface area contributed by atoms with E-state index in [1.807, 2.05) is 37.3 Å². The zero-order chi connectivity index (χ0) is 14.1. The maximum atomic E-state index is 12.4. The monoisotopic (exact) mass is 266 g/mol. The molecule has 0 atom stereocenters. The molecule has 0 saturated carbocycles. The van der Waals surface area contributed by atoms with Gasteiger partial charge in [-0.2, -0.15) is 5.10 Å². The Morgan fingerprint density at radius 1 is 1.25 bits per heavy atom. The molecule has 3 rings (SSSR count). The Balaban J connectivity index is 1.98. The van der Waals surface area contributed by atoms with E-state index in [-0.39, 0.29) is 5.91 Å². The molecule has 3 aromatic rings. The summed E-state index contributed by atoms with van der Waals surface area (Å²) in [5.74, 6) is -0.216. The van der Waals surface area contributed by atoms with Gasteiger partial charge in [-0.25, -0.2) is 4.52 Å². The summed E-state index contributed by atoms with van der Waals surface area (Å²) in [6.45, 7) is 1.90. The Labute approximate surface area is 116 Å². The number of anilines is 2. The lowest BCUT2D eigenvalue weighted by molar-refractivity contribution is 0.102. The number of amides is 1. The first kappa shape index (κ1) is 12.2. The fourth-order valence-corrected chi connectivity index (χ4v) is 2.15. The van der Waals surface area contributed by atoms with Crippen LogP contribution in [0.3, 0.4) is 0 Å². The Hall–Kier alpha value is -2.82. The van der Waals surface area contributed by atoms with Crippen molar-refractivity contribution in [2.24, 2.45) is 0 Å². The van der Waals surface area contributed by atoms with Crippen LogP contribution in [0, 0.1) is 6.92 Å². The van der Waals surface area contributed by atoms with Crippen LogP contribution in [0.4, 0.5) is 11.4 Å². The van der Waals surface area contributed by atoms with Crippen molar-refractivity contribution in [3.05, 3.63) is 59.9 Å². The Bertz CT molecular complexity index is 771. The largest absolute Gasteiger partial charge is 0.397 e. The maximum Gasteiger partial charge on any atom is 0.259 e. The highest BCUT2D eigenvalue weighted by atomic mass is 16.1. The number of para-hydroxylation sites is 1. The van der Waals surface area contributed by atoms with Gasteiger partial charge in [-0.05, 0) is 30.7 Å². The van der Waals surface area contributed by atoms with Crippen molar-refractivity contribution < 1.29 is 4.79 Å². The number of hydrogen-bond acceptors (Lipinski definition) is 3. The van der Waals surface area contributed by atoms with Crippen molar-refractivity contribution >= 4 is 22.8 Å². The topological polar surface area (TPSA) is 72.4 Å². The number of rotatable bonds is 2. The number of aryl methyl sites for hydroxylation is 1. The van der Waals surface area contributed by atoms with E-state index in [4.69, 9.17) is 5.73 Å². The number of nitrogen functional groups attached to an aromatic ring is 1. The molecule has 20 heavy (non-hydrogen) atoms. The summed E-state index contributed by atoms with van der Waals surface area (Å²) in [5, 5.41) is 7.01. The number of nitrogens with one attached hydrogen (secondary N) is 1. The van der Waals surface area contributed by atoms with Crippen molar-refractivity contribution in [3.63, 3.8) is 0 Å². The van der Waals surface area contributed by atoms with Gasteiger partial charge < -0.3 is 11.1 Å². The number of aromatic nitrogens is 2. The molecule has 0 radical (unpaired) electrons. The second kappa shape index (κ2) is 4.70. The van der Waals surface area contributed by atoms with Crippen molar-refractivity contribution in [1.82, 2.24) is 9.61 Å². The number of pyridine rings is 1. The molecule has 1 amide bonds. The molecule has 5 nitrogen and oxygen atoms in total. The number of nitrogens with two attached hydrogens (primary N) is 1. The van der Waals surface area contributed by atoms with E-state index in [0.29, 0.717) is 16.9 Å². The number of carbonyl (C=O) groups excluding carboxylic acids is 1.